The number of benzene rings is 2. The van der Waals surface area contributed by atoms with Crippen molar-refractivity contribution in [3.8, 4) is 5.75 Å². The number of hydrogen-bond donors (Lipinski definition) is 0. The second kappa shape index (κ2) is 7.48. The molecule has 0 aromatic heterocycles. The van der Waals surface area contributed by atoms with Gasteiger partial charge in [-0.15, -0.1) is 0 Å². The minimum Gasteiger partial charge on any atom is -0.492 e. The molecule has 0 radical (unpaired) electrons. The summed E-state index contributed by atoms with van der Waals surface area (Å²) in [6.07, 6.45) is 1.55. The molecule has 1 fully saturated rings. The van der Waals surface area contributed by atoms with Crippen LogP contribution in [0.2, 0.25) is 0 Å². The Bertz CT molecular complexity index is 819. The van der Waals surface area contributed by atoms with Crippen molar-refractivity contribution < 1.29 is 23.1 Å². The highest BCUT2D eigenvalue weighted by Crippen LogP contribution is 2.32. The molecule has 0 bridgehead atoms. The van der Waals surface area contributed by atoms with Crippen LogP contribution in [0.25, 0.3) is 6.08 Å². The third kappa shape index (κ3) is 4.24. The van der Waals surface area contributed by atoms with E-state index in [2.05, 4.69) is 0 Å². The van der Waals surface area contributed by atoms with Crippen LogP contribution < -0.4 is 4.74 Å². The van der Waals surface area contributed by atoms with Crippen molar-refractivity contribution in [2.75, 3.05) is 13.2 Å². The zero-order valence-electron chi connectivity index (χ0n) is 12.9. The molecule has 1 aliphatic heterocycles. The number of carbonyl (C=O) groups is 2. The molecule has 1 aliphatic rings. The van der Waals surface area contributed by atoms with E-state index in [1.165, 1.54) is 48.5 Å². The molecule has 1 saturated heterocycles. The van der Waals surface area contributed by atoms with Crippen LogP contribution in [0.1, 0.15) is 5.56 Å². The number of ether oxygens (including phenoxy) is 1. The first-order chi connectivity index (χ1) is 12.0. The lowest BCUT2D eigenvalue weighted by Gasteiger charge is -2.13. The van der Waals surface area contributed by atoms with E-state index >= 15 is 0 Å². The van der Waals surface area contributed by atoms with Gasteiger partial charge in [0.25, 0.3) is 11.1 Å². The van der Waals surface area contributed by atoms with Crippen molar-refractivity contribution >= 4 is 29.0 Å². The highest BCUT2D eigenvalue weighted by Gasteiger charge is 2.34. The first-order valence-corrected chi connectivity index (χ1v) is 8.24. The molecular weight excluding hydrogens is 348 g/mol. The van der Waals surface area contributed by atoms with Crippen LogP contribution in [0.15, 0.2) is 53.4 Å². The molecule has 0 atom stereocenters. The largest absolute Gasteiger partial charge is 0.492 e. The standard InChI is InChI=1S/C18H13F2NO3S/c19-13-3-1-12(2-4-13)11-16-17(22)21(18(23)25-16)9-10-24-15-7-5-14(20)6-8-15/h1-8,11H,9-10H2/b16-11-. The van der Waals surface area contributed by atoms with Gasteiger partial charge in [0.15, 0.2) is 0 Å². The van der Waals surface area contributed by atoms with E-state index in [0.717, 1.165) is 16.7 Å². The third-order valence-corrected chi connectivity index (χ3v) is 4.35. The first-order valence-electron chi connectivity index (χ1n) is 7.42. The van der Waals surface area contributed by atoms with Crippen molar-refractivity contribution in [2.24, 2.45) is 0 Å². The fraction of sp³-hybridized carbons (Fsp3) is 0.111. The lowest BCUT2D eigenvalue weighted by molar-refractivity contribution is -0.123. The van der Waals surface area contributed by atoms with Gasteiger partial charge in [0.1, 0.15) is 24.0 Å². The van der Waals surface area contributed by atoms with Gasteiger partial charge in [-0.05, 0) is 59.8 Å². The highest BCUT2D eigenvalue weighted by atomic mass is 32.2. The molecule has 0 unspecified atom stereocenters. The minimum atomic E-state index is -0.415. The van der Waals surface area contributed by atoms with Gasteiger partial charge in [0.2, 0.25) is 0 Å². The SMILES string of the molecule is O=C1S/C(=C\c2ccc(F)cc2)C(=O)N1CCOc1ccc(F)cc1. The second-order valence-corrected chi connectivity index (χ2v) is 6.18. The number of hydrogen-bond acceptors (Lipinski definition) is 4. The average molecular weight is 361 g/mol. The van der Waals surface area contributed by atoms with E-state index in [1.54, 1.807) is 6.08 Å². The Labute approximate surface area is 147 Å². The maximum atomic E-state index is 12.9. The van der Waals surface area contributed by atoms with Crippen LogP contribution in [-0.4, -0.2) is 29.2 Å². The summed E-state index contributed by atoms with van der Waals surface area (Å²) < 4.78 is 31.1. The van der Waals surface area contributed by atoms with Crippen molar-refractivity contribution in [2.45, 2.75) is 0 Å². The second-order valence-electron chi connectivity index (χ2n) is 5.19. The Morgan fingerprint density at radius 1 is 0.960 bits per heavy atom. The lowest BCUT2D eigenvalue weighted by atomic mass is 10.2. The number of imide groups is 1. The highest BCUT2D eigenvalue weighted by molar-refractivity contribution is 8.18. The van der Waals surface area contributed by atoms with Crippen LogP contribution in [0.4, 0.5) is 13.6 Å². The van der Waals surface area contributed by atoms with Gasteiger partial charge in [-0.1, -0.05) is 12.1 Å². The number of nitrogens with zero attached hydrogens (tertiary/aromatic N) is 1. The summed E-state index contributed by atoms with van der Waals surface area (Å²) in [4.78, 5) is 25.7. The molecule has 0 aliphatic carbocycles. The maximum Gasteiger partial charge on any atom is 0.293 e. The smallest absolute Gasteiger partial charge is 0.293 e. The molecular formula is C18H13F2NO3S. The van der Waals surface area contributed by atoms with E-state index in [-0.39, 0.29) is 34.9 Å². The number of rotatable bonds is 5. The number of halogens is 2. The number of amides is 2. The van der Waals surface area contributed by atoms with E-state index in [1.807, 2.05) is 0 Å². The summed E-state index contributed by atoms with van der Waals surface area (Å²) in [5.74, 6) is -0.704. The van der Waals surface area contributed by atoms with Crippen LogP contribution in [-0.2, 0) is 4.79 Å². The number of carbonyl (C=O) groups excluding carboxylic acids is 2. The minimum absolute atomic E-state index is 0.0861. The quantitative estimate of drug-likeness (QED) is 0.753. The van der Waals surface area contributed by atoms with Crippen molar-refractivity contribution in [3.63, 3.8) is 0 Å². The van der Waals surface area contributed by atoms with Crippen LogP contribution in [0.5, 0.6) is 5.75 Å². The molecule has 0 N–H and O–H groups in total. The summed E-state index contributed by atoms with van der Waals surface area (Å²) >= 11 is 0.829. The molecule has 128 valence electrons. The fourth-order valence-electron chi connectivity index (χ4n) is 2.19. The zero-order chi connectivity index (χ0) is 17.8. The summed E-state index contributed by atoms with van der Waals surface area (Å²) in [6, 6.07) is 11.1. The fourth-order valence-corrected chi connectivity index (χ4v) is 3.05. The van der Waals surface area contributed by atoms with Gasteiger partial charge in [-0.25, -0.2) is 8.78 Å². The molecule has 2 aromatic rings. The van der Waals surface area contributed by atoms with E-state index < -0.39 is 5.91 Å². The van der Waals surface area contributed by atoms with E-state index in [9.17, 15) is 18.4 Å². The summed E-state index contributed by atoms with van der Waals surface area (Å²) in [7, 11) is 0. The van der Waals surface area contributed by atoms with Gasteiger partial charge < -0.3 is 4.74 Å². The Morgan fingerprint density at radius 2 is 1.56 bits per heavy atom. The molecule has 2 aromatic carbocycles. The molecule has 2 amide bonds. The summed E-state index contributed by atoms with van der Waals surface area (Å²) in [5.41, 5.74) is 0.634. The Hall–Kier alpha value is -2.67. The van der Waals surface area contributed by atoms with Gasteiger partial charge in [-0.2, -0.15) is 0 Å². The molecule has 25 heavy (non-hydrogen) atoms. The van der Waals surface area contributed by atoms with Crippen LogP contribution in [0.3, 0.4) is 0 Å². The van der Waals surface area contributed by atoms with Crippen molar-refractivity contribution in [1.29, 1.82) is 0 Å². The summed E-state index contributed by atoms with van der Waals surface area (Å²) in [6.45, 7) is 0.191. The lowest BCUT2D eigenvalue weighted by Crippen LogP contribution is -2.32. The molecule has 4 nitrogen and oxygen atoms in total. The molecule has 0 spiro atoms. The predicted octanol–water partition coefficient (Wildman–Crippen LogP) is 4.08. The average Bonchev–Trinajstić information content (AvgIpc) is 2.86. The van der Waals surface area contributed by atoms with Gasteiger partial charge in [0.05, 0.1) is 11.4 Å². The van der Waals surface area contributed by atoms with Crippen LogP contribution >= 0.6 is 11.8 Å². The van der Waals surface area contributed by atoms with Gasteiger partial charge in [0, 0.05) is 0 Å². The third-order valence-electron chi connectivity index (χ3n) is 3.44. The van der Waals surface area contributed by atoms with E-state index in [4.69, 9.17) is 4.74 Å². The topological polar surface area (TPSA) is 46.6 Å². The molecule has 1 heterocycles. The maximum absolute atomic E-state index is 12.9. The van der Waals surface area contributed by atoms with Crippen LogP contribution in [0, 0.1) is 11.6 Å². The molecule has 7 heteroatoms. The number of thioether (sulfide) groups is 1. The van der Waals surface area contributed by atoms with Crippen molar-refractivity contribution in [3.05, 3.63) is 70.6 Å². The molecule has 3 rings (SSSR count). The molecule has 0 saturated carbocycles. The summed E-state index contributed by atoms with van der Waals surface area (Å²) in [5, 5.41) is -0.388. The monoisotopic (exact) mass is 361 g/mol. The van der Waals surface area contributed by atoms with E-state index in [0.29, 0.717) is 11.3 Å². The van der Waals surface area contributed by atoms with Gasteiger partial charge in [-0.3, -0.25) is 14.5 Å². The zero-order valence-corrected chi connectivity index (χ0v) is 13.8. The Kier molecular flexibility index (Phi) is 5.14. The van der Waals surface area contributed by atoms with Gasteiger partial charge >= 0.3 is 0 Å². The first kappa shape index (κ1) is 17.2. The van der Waals surface area contributed by atoms with Crippen molar-refractivity contribution in [1.82, 2.24) is 4.90 Å². The normalized spacial score (nSPS) is 15.9. The Balaban J connectivity index is 1.61. The predicted molar refractivity (Wildman–Crippen MR) is 91.0 cm³/mol. The Morgan fingerprint density at radius 3 is 2.20 bits per heavy atom.